The summed E-state index contributed by atoms with van der Waals surface area (Å²) in [5, 5.41) is 3.20. The zero-order valence-corrected chi connectivity index (χ0v) is 16.9. The molecular weight excluding hydrogens is 388 g/mol. The molecular formula is C19H21ClN2O4S. The van der Waals surface area contributed by atoms with E-state index in [0.717, 1.165) is 5.56 Å². The van der Waals surface area contributed by atoms with Crippen molar-refractivity contribution in [3.63, 3.8) is 0 Å². The fourth-order valence-corrected chi connectivity index (χ4v) is 4.89. The highest BCUT2D eigenvalue weighted by molar-refractivity contribution is 7.92. The Hall–Kier alpha value is -2.25. The summed E-state index contributed by atoms with van der Waals surface area (Å²) in [6.45, 7) is 3.49. The first kappa shape index (κ1) is 19.5. The Kier molecular flexibility index (Phi) is 5.35. The van der Waals surface area contributed by atoms with Crippen molar-refractivity contribution in [1.82, 2.24) is 0 Å². The van der Waals surface area contributed by atoms with E-state index in [0.29, 0.717) is 34.1 Å². The molecule has 27 heavy (non-hydrogen) atoms. The van der Waals surface area contributed by atoms with E-state index < -0.39 is 10.0 Å². The van der Waals surface area contributed by atoms with Crippen LogP contribution < -0.4 is 14.4 Å². The van der Waals surface area contributed by atoms with Crippen molar-refractivity contribution in [2.45, 2.75) is 26.3 Å². The van der Waals surface area contributed by atoms with Crippen LogP contribution >= 0.6 is 11.6 Å². The molecule has 2 aromatic rings. The number of hydrogen-bond acceptors (Lipinski definition) is 4. The van der Waals surface area contributed by atoms with Crippen LogP contribution in [0.3, 0.4) is 0 Å². The third-order valence-corrected chi connectivity index (χ3v) is 6.75. The molecule has 0 saturated heterocycles. The van der Waals surface area contributed by atoms with E-state index in [-0.39, 0.29) is 17.7 Å². The van der Waals surface area contributed by atoms with Crippen LogP contribution in [0.1, 0.15) is 29.8 Å². The van der Waals surface area contributed by atoms with Crippen molar-refractivity contribution in [3.8, 4) is 5.75 Å². The van der Waals surface area contributed by atoms with Gasteiger partial charge in [-0.1, -0.05) is 11.6 Å². The van der Waals surface area contributed by atoms with Gasteiger partial charge in [-0.05, 0) is 62.2 Å². The average molecular weight is 409 g/mol. The van der Waals surface area contributed by atoms with Crippen LogP contribution in [0.4, 0.5) is 11.4 Å². The van der Waals surface area contributed by atoms with Crippen molar-refractivity contribution < 1.29 is 17.9 Å². The lowest BCUT2D eigenvalue weighted by atomic mass is 10.1. The van der Waals surface area contributed by atoms with Gasteiger partial charge < -0.3 is 10.1 Å². The normalized spacial score (nSPS) is 16.1. The van der Waals surface area contributed by atoms with E-state index >= 15 is 0 Å². The highest BCUT2D eigenvalue weighted by atomic mass is 35.5. The molecule has 8 heteroatoms. The molecule has 2 aromatic carbocycles. The lowest BCUT2D eigenvalue weighted by Crippen LogP contribution is -2.36. The smallest absolute Gasteiger partial charge is 0.255 e. The molecule has 1 amide bonds. The number of carbonyl (C=O) groups excluding carboxylic acids is 1. The zero-order valence-electron chi connectivity index (χ0n) is 15.3. The van der Waals surface area contributed by atoms with Gasteiger partial charge in [0.25, 0.3) is 5.91 Å². The second kappa shape index (κ2) is 7.40. The summed E-state index contributed by atoms with van der Waals surface area (Å²) < 4.78 is 31.2. The first-order valence-electron chi connectivity index (χ1n) is 8.56. The van der Waals surface area contributed by atoms with Gasteiger partial charge in [-0.3, -0.25) is 9.10 Å². The van der Waals surface area contributed by atoms with Gasteiger partial charge in [0.2, 0.25) is 10.0 Å². The molecule has 0 radical (unpaired) electrons. The average Bonchev–Trinajstić information content (AvgIpc) is 2.97. The van der Waals surface area contributed by atoms with Crippen LogP contribution in [0.2, 0.25) is 5.02 Å². The quantitative estimate of drug-likeness (QED) is 0.818. The number of halogens is 1. The van der Waals surface area contributed by atoms with Gasteiger partial charge in [0.05, 0.1) is 23.6 Å². The van der Waals surface area contributed by atoms with Crippen LogP contribution in [-0.4, -0.2) is 33.2 Å². The molecule has 1 atom stereocenters. The largest absolute Gasteiger partial charge is 0.495 e. The summed E-state index contributed by atoms with van der Waals surface area (Å²) in [7, 11) is -1.83. The molecule has 0 aliphatic carbocycles. The van der Waals surface area contributed by atoms with Crippen molar-refractivity contribution >= 4 is 38.9 Å². The molecule has 3 rings (SSSR count). The van der Waals surface area contributed by atoms with Crippen LogP contribution in [0.15, 0.2) is 36.4 Å². The molecule has 6 nitrogen and oxygen atoms in total. The predicted molar refractivity (Wildman–Crippen MR) is 108 cm³/mol. The molecule has 0 saturated carbocycles. The second-order valence-electron chi connectivity index (χ2n) is 6.40. The van der Waals surface area contributed by atoms with Gasteiger partial charge in [0.1, 0.15) is 5.75 Å². The molecule has 0 unspecified atom stereocenters. The third kappa shape index (κ3) is 3.75. The van der Waals surface area contributed by atoms with Crippen molar-refractivity contribution in [1.29, 1.82) is 0 Å². The minimum atomic E-state index is -3.35. The minimum absolute atomic E-state index is 0.0389. The summed E-state index contributed by atoms with van der Waals surface area (Å²) in [5.41, 5.74) is 2.51. The SMILES string of the molecule is CCS(=O)(=O)N1c2ccc(C(=O)Nc3ccc(OC)c(Cl)c3)cc2C[C@H]1C. The molecule has 0 spiro atoms. The molecule has 144 valence electrons. The lowest BCUT2D eigenvalue weighted by Gasteiger charge is -2.23. The molecule has 1 heterocycles. The number of anilines is 2. The molecule has 1 N–H and O–H groups in total. The second-order valence-corrected chi connectivity index (χ2v) is 8.94. The summed E-state index contributed by atoms with van der Waals surface area (Å²) in [6.07, 6.45) is 0.573. The monoisotopic (exact) mass is 408 g/mol. The number of nitrogens with one attached hydrogen (secondary N) is 1. The molecule has 0 aromatic heterocycles. The van der Waals surface area contributed by atoms with Crippen molar-refractivity contribution in [2.75, 3.05) is 22.5 Å². The number of benzene rings is 2. The lowest BCUT2D eigenvalue weighted by molar-refractivity contribution is 0.102. The van der Waals surface area contributed by atoms with Crippen molar-refractivity contribution in [2.24, 2.45) is 0 Å². The number of rotatable bonds is 5. The zero-order chi connectivity index (χ0) is 19.8. The van der Waals surface area contributed by atoms with Crippen LogP contribution in [-0.2, 0) is 16.4 Å². The Morgan fingerprint density at radius 3 is 2.67 bits per heavy atom. The van der Waals surface area contributed by atoms with E-state index in [2.05, 4.69) is 5.32 Å². The van der Waals surface area contributed by atoms with E-state index in [1.54, 1.807) is 43.3 Å². The van der Waals surface area contributed by atoms with E-state index in [9.17, 15) is 13.2 Å². The Labute approximate surface area is 164 Å². The first-order chi connectivity index (χ1) is 12.8. The number of nitrogens with zero attached hydrogens (tertiary/aromatic N) is 1. The van der Waals surface area contributed by atoms with Gasteiger partial charge in [-0.25, -0.2) is 8.42 Å². The first-order valence-corrected chi connectivity index (χ1v) is 10.6. The number of ether oxygens (including phenoxy) is 1. The highest BCUT2D eigenvalue weighted by Crippen LogP contribution is 2.35. The molecule has 0 bridgehead atoms. The Morgan fingerprint density at radius 1 is 1.30 bits per heavy atom. The van der Waals surface area contributed by atoms with Crippen LogP contribution in [0.25, 0.3) is 0 Å². The summed E-state index contributed by atoms with van der Waals surface area (Å²) in [5.74, 6) is 0.277. The van der Waals surface area contributed by atoms with Gasteiger partial charge in [-0.15, -0.1) is 0 Å². The van der Waals surface area contributed by atoms with E-state index in [1.165, 1.54) is 11.4 Å². The maximum absolute atomic E-state index is 12.6. The van der Waals surface area contributed by atoms with Gasteiger partial charge in [-0.2, -0.15) is 0 Å². The Bertz CT molecular complexity index is 991. The highest BCUT2D eigenvalue weighted by Gasteiger charge is 2.34. The van der Waals surface area contributed by atoms with Crippen LogP contribution in [0, 0.1) is 0 Å². The number of methoxy groups -OCH3 is 1. The predicted octanol–water partition coefficient (Wildman–Crippen LogP) is 3.70. The minimum Gasteiger partial charge on any atom is -0.495 e. The molecule has 1 aliphatic heterocycles. The standard InChI is InChI=1S/C19H21ClN2O4S/c1-4-27(24,25)22-12(2)9-14-10-13(5-7-17(14)22)19(23)21-15-6-8-18(26-3)16(20)11-15/h5-8,10-12H,4,9H2,1-3H3,(H,21,23)/t12-/m1/s1. The van der Waals surface area contributed by atoms with Gasteiger partial charge >= 0.3 is 0 Å². The maximum atomic E-state index is 12.6. The Balaban J connectivity index is 1.84. The fraction of sp³-hybridized carbons (Fsp3) is 0.316. The summed E-state index contributed by atoms with van der Waals surface area (Å²) >= 11 is 6.09. The topological polar surface area (TPSA) is 75.7 Å². The Morgan fingerprint density at radius 2 is 2.04 bits per heavy atom. The summed E-state index contributed by atoms with van der Waals surface area (Å²) in [4.78, 5) is 12.6. The number of fused-ring (bicyclic) bond motifs is 1. The number of hydrogen-bond donors (Lipinski definition) is 1. The maximum Gasteiger partial charge on any atom is 0.255 e. The number of amides is 1. The third-order valence-electron chi connectivity index (χ3n) is 4.57. The van der Waals surface area contributed by atoms with Crippen molar-refractivity contribution in [3.05, 3.63) is 52.5 Å². The van der Waals surface area contributed by atoms with Gasteiger partial charge in [0.15, 0.2) is 0 Å². The number of sulfonamides is 1. The van der Waals surface area contributed by atoms with Gasteiger partial charge in [0, 0.05) is 17.3 Å². The van der Waals surface area contributed by atoms with Crippen LogP contribution in [0.5, 0.6) is 5.75 Å². The van der Waals surface area contributed by atoms with E-state index in [4.69, 9.17) is 16.3 Å². The van der Waals surface area contributed by atoms with E-state index in [1.807, 2.05) is 6.92 Å². The fourth-order valence-electron chi connectivity index (χ4n) is 3.25. The number of carbonyl (C=O) groups is 1. The molecule has 0 fully saturated rings. The summed E-state index contributed by atoms with van der Waals surface area (Å²) in [6, 6.07) is 9.91. The molecule has 1 aliphatic rings.